The first-order valence-corrected chi connectivity index (χ1v) is 5.74. The molecule has 0 bridgehead atoms. The van der Waals surface area contributed by atoms with Gasteiger partial charge in [-0.25, -0.2) is 0 Å². The SMILES string of the molecule is C=C(C)C(NCC)c1cc(OC)cc(OC)c1. The molecule has 0 aliphatic heterocycles. The molecule has 0 aliphatic rings. The number of likely N-dealkylation sites (N-methyl/N-ethyl adjacent to an activating group) is 1. The van der Waals surface area contributed by atoms with Crippen molar-refractivity contribution in [2.45, 2.75) is 19.9 Å². The molecule has 0 saturated heterocycles. The van der Waals surface area contributed by atoms with Crippen molar-refractivity contribution < 1.29 is 9.47 Å². The molecular weight excluding hydrogens is 214 g/mol. The van der Waals surface area contributed by atoms with E-state index in [0.29, 0.717) is 0 Å². The zero-order chi connectivity index (χ0) is 12.8. The van der Waals surface area contributed by atoms with Crippen molar-refractivity contribution in [1.82, 2.24) is 5.32 Å². The summed E-state index contributed by atoms with van der Waals surface area (Å²) in [6.45, 7) is 8.99. The molecule has 1 unspecified atom stereocenters. The van der Waals surface area contributed by atoms with Gasteiger partial charge in [0.05, 0.1) is 20.3 Å². The molecule has 0 amide bonds. The normalized spacial score (nSPS) is 12.0. The fourth-order valence-electron chi connectivity index (χ4n) is 1.78. The molecule has 0 spiro atoms. The maximum atomic E-state index is 5.27. The van der Waals surface area contributed by atoms with Crippen LogP contribution in [0.4, 0.5) is 0 Å². The molecule has 1 aromatic carbocycles. The smallest absolute Gasteiger partial charge is 0.122 e. The van der Waals surface area contributed by atoms with Gasteiger partial charge >= 0.3 is 0 Å². The molecule has 17 heavy (non-hydrogen) atoms. The van der Waals surface area contributed by atoms with Crippen LogP contribution in [0.5, 0.6) is 11.5 Å². The Hall–Kier alpha value is -1.48. The third-order valence-electron chi connectivity index (χ3n) is 2.61. The molecule has 0 radical (unpaired) electrons. The number of ether oxygens (including phenoxy) is 2. The van der Waals surface area contributed by atoms with Crippen molar-refractivity contribution in [3.63, 3.8) is 0 Å². The van der Waals surface area contributed by atoms with Crippen LogP contribution in [0.3, 0.4) is 0 Å². The van der Waals surface area contributed by atoms with Crippen molar-refractivity contribution in [1.29, 1.82) is 0 Å². The molecule has 3 nitrogen and oxygen atoms in total. The highest BCUT2D eigenvalue weighted by Gasteiger charge is 2.13. The highest BCUT2D eigenvalue weighted by Crippen LogP contribution is 2.29. The largest absolute Gasteiger partial charge is 0.497 e. The maximum Gasteiger partial charge on any atom is 0.122 e. The monoisotopic (exact) mass is 235 g/mol. The van der Waals surface area contributed by atoms with E-state index in [9.17, 15) is 0 Å². The van der Waals surface area contributed by atoms with E-state index in [1.165, 1.54) is 0 Å². The van der Waals surface area contributed by atoms with E-state index in [0.717, 1.165) is 29.2 Å². The van der Waals surface area contributed by atoms with E-state index < -0.39 is 0 Å². The predicted molar refractivity (Wildman–Crippen MR) is 70.8 cm³/mol. The van der Waals surface area contributed by atoms with Gasteiger partial charge in [0, 0.05) is 6.07 Å². The van der Waals surface area contributed by atoms with Crippen LogP contribution < -0.4 is 14.8 Å². The fourth-order valence-corrected chi connectivity index (χ4v) is 1.78. The van der Waals surface area contributed by atoms with Gasteiger partial charge in [0.15, 0.2) is 0 Å². The van der Waals surface area contributed by atoms with Crippen molar-refractivity contribution in [3.8, 4) is 11.5 Å². The van der Waals surface area contributed by atoms with Crippen LogP contribution in [0.25, 0.3) is 0 Å². The summed E-state index contributed by atoms with van der Waals surface area (Å²) in [5.74, 6) is 1.59. The van der Waals surface area contributed by atoms with Crippen molar-refractivity contribution >= 4 is 0 Å². The standard InChI is InChI=1S/C14H21NO2/c1-6-15-14(10(2)3)11-7-12(16-4)9-13(8-11)17-5/h7-9,14-15H,2,6H2,1,3-5H3. The molecular formula is C14H21NO2. The summed E-state index contributed by atoms with van der Waals surface area (Å²) < 4.78 is 10.5. The molecule has 0 heterocycles. The lowest BCUT2D eigenvalue weighted by Crippen LogP contribution is -2.21. The summed E-state index contributed by atoms with van der Waals surface area (Å²) in [4.78, 5) is 0. The Morgan fingerprint density at radius 3 is 2.12 bits per heavy atom. The minimum atomic E-state index is 0.129. The first-order chi connectivity index (χ1) is 8.12. The van der Waals surface area contributed by atoms with Gasteiger partial charge in [-0.2, -0.15) is 0 Å². The number of rotatable bonds is 6. The molecule has 1 atom stereocenters. The zero-order valence-electron chi connectivity index (χ0n) is 11.0. The molecule has 3 heteroatoms. The van der Waals surface area contributed by atoms with Gasteiger partial charge in [0.2, 0.25) is 0 Å². The Balaban J connectivity index is 3.12. The summed E-state index contributed by atoms with van der Waals surface area (Å²) in [6.07, 6.45) is 0. The Labute approximate surface area is 103 Å². The maximum absolute atomic E-state index is 5.27. The lowest BCUT2D eigenvalue weighted by Gasteiger charge is -2.20. The van der Waals surface area contributed by atoms with Gasteiger partial charge in [-0.05, 0) is 31.2 Å². The van der Waals surface area contributed by atoms with Crippen LogP contribution in [-0.4, -0.2) is 20.8 Å². The molecule has 0 aromatic heterocycles. The van der Waals surface area contributed by atoms with Crippen LogP contribution in [-0.2, 0) is 0 Å². The Morgan fingerprint density at radius 1 is 1.24 bits per heavy atom. The average Bonchev–Trinajstić information content (AvgIpc) is 2.34. The Morgan fingerprint density at radius 2 is 1.76 bits per heavy atom. The van der Waals surface area contributed by atoms with Gasteiger partial charge < -0.3 is 14.8 Å². The second-order valence-corrected chi connectivity index (χ2v) is 3.98. The molecule has 0 saturated carbocycles. The first kappa shape index (κ1) is 13.6. The fraction of sp³-hybridized carbons (Fsp3) is 0.429. The van der Waals surface area contributed by atoms with E-state index in [4.69, 9.17) is 9.47 Å². The molecule has 0 fully saturated rings. The van der Waals surface area contributed by atoms with Crippen LogP contribution in [0.1, 0.15) is 25.5 Å². The highest BCUT2D eigenvalue weighted by molar-refractivity contribution is 5.41. The van der Waals surface area contributed by atoms with Crippen LogP contribution in [0.15, 0.2) is 30.4 Å². The quantitative estimate of drug-likeness (QED) is 0.769. The topological polar surface area (TPSA) is 30.5 Å². The summed E-state index contributed by atoms with van der Waals surface area (Å²) >= 11 is 0. The van der Waals surface area contributed by atoms with Crippen LogP contribution in [0.2, 0.25) is 0 Å². The number of nitrogens with one attached hydrogen (secondary N) is 1. The number of hydrogen-bond acceptors (Lipinski definition) is 3. The third-order valence-corrected chi connectivity index (χ3v) is 2.61. The number of hydrogen-bond donors (Lipinski definition) is 1. The third kappa shape index (κ3) is 3.49. The van der Waals surface area contributed by atoms with Crippen LogP contribution in [0, 0.1) is 0 Å². The highest BCUT2D eigenvalue weighted by atomic mass is 16.5. The summed E-state index contributed by atoms with van der Waals surface area (Å²) in [5.41, 5.74) is 2.18. The Kier molecular flexibility index (Phi) is 5.04. The summed E-state index contributed by atoms with van der Waals surface area (Å²) in [7, 11) is 3.31. The van der Waals surface area contributed by atoms with Gasteiger partial charge in [-0.15, -0.1) is 0 Å². The molecule has 1 aromatic rings. The van der Waals surface area contributed by atoms with Crippen molar-refractivity contribution in [3.05, 3.63) is 35.9 Å². The predicted octanol–water partition coefficient (Wildman–Crippen LogP) is 2.93. The van der Waals surface area contributed by atoms with E-state index in [-0.39, 0.29) is 6.04 Å². The molecule has 1 N–H and O–H groups in total. The Bertz CT molecular complexity index is 366. The summed E-state index contributed by atoms with van der Waals surface area (Å²) in [5, 5.41) is 3.39. The zero-order valence-corrected chi connectivity index (χ0v) is 11.0. The number of methoxy groups -OCH3 is 2. The van der Waals surface area contributed by atoms with Gasteiger partial charge in [0.25, 0.3) is 0 Å². The van der Waals surface area contributed by atoms with E-state index in [2.05, 4.69) is 18.8 Å². The van der Waals surface area contributed by atoms with E-state index in [1.807, 2.05) is 25.1 Å². The minimum absolute atomic E-state index is 0.129. The lowest BCUT2D eigenvalue weighted by atomic mass is 10.0. The van der Waals surface area contributed by atoms with Gasteiger partial charge in [-0.3, -0.25) is 0 Å². The molecule has 94 valence electrons. The second kappa shape index (κ2) is 6.30. The van der Waals surface area contributed by atoms with Gasteiger partial charge in [-0.1, -0.05) is 19.1 Å². The van der Waals surface area contributed by atoms with Crippen molar-refractivity contribution in [2.24, 2.45) is 0 Å². The lowest BCUT2D eigenvalue weighted by molar-refractivity contribution is 0.392. The second-order valence-electron chi connectivity index (χ2n) is 3.98. The molecule has 0 aliphatic carbocycles. The first-order valence-electron chi connectivity index (χ1n) is 5.74. The minimum Gasteiger partial charge on any atom is -0.497 e. The summed E-state index contributed by atoms with van der Waals surface area (Å²) in [6, 6.07) is 6.00. The van der Waals surface area contributed by atoms with E-state index in [1.54, 1.807) is 14.2 Å². The average molecular weight is 235 g/mol. The van der Waals surface area contributed by atoms with E-state index >= 15 is 0 Å². The van der Waals surface area contributed by atoms with Crippen molar-refractivity contribution in [2.75, 3.05) is 20.8 Å². The number of benzene rings is 1. The van der Waals surface area contributed by atoms with Crippen LogP contribution >= 0.6 is 0 Å². The molecule has 1 rings (SSSR count). The van der Waals surface area contributed by atoms with Gasteiger partial charge in [0.1, 0.15) is 11.5 Å².